The van der Waals surface area contributed by atoms with E-state index in [9.17, 15) is 4.79 Å². The van der Waals surface area contributed by atoms with Gasteiger partial charge < -0.3 is 0 Å². The highest BCUT2D eigenvalue weighted by atomic mass is 32.2. The number of thioether (sulfide) groups is 1. The zero-order valence-corrected chi connectivity index (χ0v) is 11.1. The number of rotatable bonds is 5. The van der Waals surface area contributed by atoms with Crippen LogP contribution in [-0.2, 0) is 4.79 Å². The Bertz CT molecular complexity index is 519. The van der Waals surface area contributed by atoms with Gasteiger partial charge in [0.1, 0.15) is 0 Å². The van der Waals surface area contributed by atoms with Gasteiger partial charge in [-0.15, -0.1) is 11.8 Å². The number of nitrogens with zero attached hydrogens (tertiary/aromatic N) is 1. The summed E-state index contributed by atoms with van der Waals surface area (Å²) in [5.41, 5.74) is 3.18. The molecular formula is C14H15N3OS. The number of hydrazine groups is 1. The topological polar surface area (TPSA) is 68.0 Å². The van der Waals surface area contributed by atoms with E-state index >= 15 is 0 Å². The number of hydrogen-bond donors (Lipinski definition) is 2. The van der Waals surface area contributed by atoms with Crippen LogP contribution in [0.4, 0.5) is 0 Å². The molecule has 0 saturated heterocycles. The average Bonchev–Trinajstić information content (AvgIpc) is 2.49. The number of aromatic nitrogens is 1. The second-order valence-corrected chi connectivity index (χ2v) is 4.99. The number of hydrogen-bond acceptors (Lipinski definition) is 4. The van der Waals surface area contributed by atoms with Crippen LogP contribution in [-0.4, -0.2) is 16.6 Å². The lowest BCUT2D eigenvalue weighted by molar-refractivity contribution is -0.122. The lowest BCUT2D eigenvalue weighted by Gasteiger charge is -2.14. The Labute approximate surface area is 116 Å². The highest BCUT2D eigenvalue weighted by Crippen LogP contribution is 2.25. The van der Waals surface area contributed by atoms with E-state index in [-0.39, 0.29) is 11.8 Å². The first-order chi connectivity index (χ1) is 9.31. The van der Waals surface area contributed by atoms with Gasteiger partial charge in [-0.3, -0.25) is 10.2 Å². The first-order valence-corrected chi connectivity index (χ1v) is 6.89. The fourth-order valence-electron chi connectivity index (χ4n) is 1.71. The summed E-state index contributed by atoms with van der Waals surface area (Å²) in [5.74, 6) is 5.39. The van der Waals surface area contributed by atoms with Gasteiger partial charge in [-0.25, -0.2) is 10.8 Å². The lowest BCUT2D eigenvalue weighted by atomic mass is 10.0. The van der Waals surface area contributed by atoms with Crippen molar-refractivity contribution in [1.82, 2.24) is 10.4 Å². The molecule has 1 aromatic carbocycles. The molecule has 1 aromatic heterocycles. The minimum atomic E-state index is -0.279. The molecule has 1 atom stereocenters. The van der Waals surface area contributed by atoms with E-state index in [1.807, 2.05) is 48.5 Å². The molecule has 0 fully saturated rings. The number of nitrogens with two attached hydrogens (primary N) is 1. The first kappa shape index (κ1) is 13.6. The maximum Gasteiger partial charge on any atom is 0.242 e. The van der Waals surface area contributed by atoms with Crippen LogP contribution >= 0.6 is 11.8 Å². The average molecular weight is 273 g/mol. The van der Waals surface area contributed by atoms with Crippen molar-refractivity contribution in [3.05, 3.63) is 60.3 Å². The van der Waals surface area contributed by atoms with Crippen molar-refractivity contribution in [2.24, 2.45) is 5.84 Å². The van der Waals surface area contributed by atoms with Gasteiger partial charge in [0.25, 0.3) is 0 Å². The van der Waals surface area contributed by atoms with Crippen molar-refractivity contribution < 1.29 is 4.79 Å². The molecule has 0 aliphatic heterocycles. The molecule has 1 heterocycles. The van der Waals surface area contributed by atoms with E-state index in [1.54, 1.807) is 6.20 Å². The van der Waals surface area contributed by atoms with Crippen LogP contribution in [0.3, 0.4) is 0 Å². The smallest absolute Gasteiger partial charge is 0.242 e. The number of amides is 1. The third-order valence-corrected chi connectivity index (χ3v) is 3.73. The zero-order valence-electron chi connectivity index (χ0n) is 10.3. The fraction of sp³-hybridized carbons (Fsp3) is 0.143. The molecule has 0 bridgehead atoms. The monoisotopic (exact) mass is 273 g/mol. The van der Waals surface area contributed by atoms with Crippen LogP contribution in [0.1, 0.15) is 11.5 Å². The maximum absolute atomic E-state index is 11.9. The van der Waals surface area contributed by atoms with E-state index in [1.165, 1.54) is 11.8 Å². The van der Waals surface area contributed by atoms with Gasteiger partial charge in [-0.05, 0) is 17.7 Å². The maximum atomic E-state index is 11.9. The Hall–Kier alpha value is -1.85. The Morgan fingerprint density at radius 3 is 2.58 bits per heavy atom. The van der Waals surface area contributed by atoms with E-state index in [0.717, 1.165) is 10.6 Å². The van der Waals surface area contributed by atoms with Gasteiger partial charge in [0.05, 0.1) is 10.9 Å². The van der Waals surface area contributed by atoms with Crippen LogP contribution in [0.5, 0.6) is 0 Å². The SMILES string of the molecule is NNC(=O)C(CSc1ccccn1)c1ccccc1. The van der Waals surface area contributed by atoms with Gasteiger partial charge >= 0.3 is 0 Å². The number of nitrogens with one attached hydrogen (secondary N) is 1. The Balaban J connectivity index is 2.09. The van der Waals surface area contributed by atoms with Crippen LogP contribution in [0, 0.1) is 0 Å². The summed E-state index contributed by atoms with van der Waals surface area (Å²) in [6.07, 6.45) is 1.74. The van der Waals surface area contributed by atoms with Gasteiger partial charge in [0.2, 0.25) is 5.91 Å². The summed E-state index contributed by atoms with van der Waals surface area (Å²) in [5, 5.41) is 0.897. The number of carbonyl (C=O) groups excluding carboxylic acids is 1. The molecule has 0 aliphatic rings. The normalized spacial score (nSPS) is 11.8. The minimum Gasteiger partial charge on any atom is -0.294 e. The van der Waals surface area contributed by atoms with Crippen molar-refractivity contribution in [1.29, 1.82) is 0 Å². The van der Waals surface area contributed by atoms with E-state index in [0.29, 0.717) is 5.75 Å². The Kier molecular flexibility index (Phi) is 4.94. The van der Waals surface area contributed by atoms with Crippen molar-refractivity contribution in [2.45, 2.75) is 10.9 Å². The summed E-state index contributed by atoms with van der Waals surface area (Å²) < 4.78 is 0. The quantitative estimate of drug-likeness (QED) is 0.378. The van der Waals surface area contributed by atoms with Crippen molar-refractivity contribution in [2.75, 3.05) is 5.75 Å². The standard InChI is InChI=1S/C14H15N3OS/c15-17-14(18)12(11-6-2-1-3-7-11)10-19-13-8-4-5-9-16-13/h1-9,12H,10,15H2,(H,17,18). The van der Waals surface area contributed by atoms with Gasteiger partial charge in [-0.2, -0.15) is 0 Å². The molecule has 2 rings (SSSR count). The first-order valence-electron chi connectivity index (χ1n) is 5.90. The molecule has 0 radical (unpaired) electrons. The van der Waals surface area contributed by atoms with Crippen molar-refractivity contribution in [3.8, 4) is 0 Å². The highest BCUT2D eigenvalue weighted by molar-refractivity contribution is 7.99. The molecule has 1 unspecified atom stereocenters. The number of pyridine rings is 1. The summed E-state index contributed by atoms with van der Waals surface area (Å²) in [6.45, 7) is 0. The summed E-state index contributed by atoms with van der Waals surface area (Å²) >= 11 is 1.54. The number of carbonyl (C=O) groups is 1. The minimum absolute atomic E-state index is 0.186. The molecule has 98 valence electrons. The van der Waals surface area contributed by atoms with E-state index < -0.39 is 0 Å². The molecule has 2 aromatic rings. The second-order valence-electron chi connectivity index (χ2n) is 3.95. The Morgan fingerprint density at radius 1 is 1.21 bits per heavy atom. The van der Waals surface area contributed by atoms with Gasteiger partial charge in [-0.1, -0.05) is 36.4 Å². The van der Waals surface area contributed by atoms with Gasteiger partial charge in [0, 0.05) is 11.9 Å². The Morgan fingerprint density at radius 2 is 1.95 bits per heavy atom. The highest BCUT2D eigenvalue weighted by Gasteiger charge is 2.19. The molecule has 0 spiro atoms. The second kappa shape index (κ2) is 6.92. The van der Waals surface area contributed by atoms with Crippen molar-refractivity contribution >= 4 is 17.7 Å². The fourth-order valence-corrected chi connectivity index (χ4v) is 2.70. The third kappa shape index (κ3) is 3.81. The molecule has 0 aliphatic carbocycles. The summed E-state index contributed by atoms with van der Waals surface area (Å²) in [7, 11) is 0. The molecule has 0 saturated carbocycles. The van der Waals surface area contributed by atoms with Crippen LogP contribution in [0.15, 0.2) is 59.8 Å². The predicted octanol–water partition coefficient (Wildman–Crippen LogP) is 1.95. The molecule has 4 nitrogen and oxygen atoms in total. The van der Waals surface area contributed by atoms with Gasteiger partial charge in [0.15, 0.2) is 0 Å². The lowest BCUT2D eigenvalue weighted by Crippen LogP contribution is -2.35. The largest absolute Gasteiger partial charge is 0.294 e. The zero-order chi connectivity index (χ0) is 13.5. The number of benzene rings is 1. The predicted molar refractivity (Wildman–Crippen MR) is 76.5 cm³/mol. The van der Waals surface area contributed by atoms with Crippen LogP contribution < -0.4 is 11.3 Å². The van der Waals surface area contributed by atoms with Crippen LogP contribution in [0.25, 0.3) is 0 Å². The van der Waals surface area contributed by atoms with Crippen LogP contribution in [0.2, 0.25) is 0 Å². The molecule has 19 heavy (non-hydrogen) atoms. The molecular weight excluding hydrogens is 258 g/mol. The summed E-state index contributed by atoms with van der Waals surface area (Å²) in [6, 6.07) is 15.3. The molecule has 3 N–H and O–H groups in total. The summed E-state index contributed by atoms with van der Waals surface area (Å²) in [4.78, 5) is 16.1. The molecule has 1 amide bonds. The van der Waals surface area contributed by atoms with E-state index in [4.69, 9.17) is 5.84 Å². The molecule has 5 heteroatoms. The third-order valence-electron chi connectivity index (χ3n) is 2.70. The van der Waals surface area contributed by atoms with Crippen molar-refractivity contribution in [3.63, 3.8) is 0 Å². The van der Waals surface area contributed by atoms with E-state index in [2.05, 4.69) is 10.4 Å².